The van der Waals surface area contributed by atoms with Gasteiger partial charge in [-0.3, -0.25) is 5.32 Å². The lowest BCUT2D eigenvalue weighted by molar-refractivity contribution is -0.150. The summed E-state index contributed by atoms with van der Waals surface area (Å²) in [6.07, 6.45) is -0.543. The first kappa shape index (κ1) is 22.5. The molecule has 2 N–H and O–H groups in total. The highest BCUT2D eigenvalue weighted by Crippen LogP contribution is 2.21. The first-order chi connectivity index (χ1) is 15.0. The van der Waals surface area contributed by atoms with E-state index < -0.39 is 18.2 Å². The Labute approximate surface area is 185 Å². The van der Waals surface area contributed by atoms with Crippen molar-refractivity contribution in [3.05, 3.63) is 70.9 Å². The number of carboxylic acid groups (broad SMARTS) is 1. The molecule has 0 saturated heterocycles. The Morgan fingerprint density at radius 1 is 1.16 bits per heavy atom. The second-order valence-corrected chi connectivity index (χ2v) is 7.29. The molecule has 7 nitrogen and oxygen atoms in total. The molecule has 1 unspecified atom stereocenters. The molecule has 0 radical (unpaired) electrons. The van der Waals surface area contributed by atoms with Crippen molar-refractivity contribution < 1.29 is 24.2 Å². The molecule has 31 heavy (non-hydrogen) atoms. The highest BCUT2D eigenvalue weighted by Gasteiger charge is 2.18. The van der Waals surface area contributed by atoms with Gasteiger partial charge in [-0.25, -0.2) is 14.6 Å². The average Bonchev–Trinajstić information content (AvgIpc) is 2.76. The summed E-state index contributed by atoms with van der Waals surface area (Å²) in [5, 5.41) is 13.1. The number of carboxylic acids is 1. The number of nitrogens with zero attached hydrogens (tertiary/aromatic N) is 1. The number of pyridine rings is 1. The van der Waals surface area contributed by atoms with E-state index in [4.69, 9.17) is 21.1 Å². The van der Waals surface area contributed by atoms with Crippen molar-refractivity contribution in [1.29, 1.82) is 0 Å². The standard InChI is InChI=1S/C23H23ClN2O5/c1-2-11-30-20(22(27)28)12-15-7-9-18(10-8-15)25-23(29)31-14-17-13-16-5-3-4-6-19(16)26-21(17)24/h3-10,13,20H,2,11-12,14H2,1H3,(H,25,29)(H,27,28). The van der Waals surface area contributed by atoms with Gasteiger partial charge < -0.3 is 14.6 Å². The molecule has 0 aliphatic carbocycles. The lowest BCUT2D eigenvalue weighted by Crippen LogP contribution is -2.26. The van der Waals surface area contributed by atoms with Gasteiger partial charge in [0.25, 0.3) is 0 Å². The van der Waals surface area contributed by atoms with Crippen LogP contribution in [0.15, 0.2) is 54.6 Å². The van der Waals surface area contributed by atoms with E-state index in [1.165, 1.54) is 0 Å². The second kappa shape index (κ2) is 10.7. The van der Waals surface area contributed by atoms with Crippen LogP contribution in [0.5, 0.6) is 0 Å². The zero-order valence-corrected chi connectivity index (χ0v) is 17.8. The van der Waals surface area contributed by atoms with Crippen LogP contribution in [0.3, 0.4) is 0 Å². The number of hydrogen-bond donors (Lipinski definition) is 2. The third kappa shape index (κ3) is 6.41. The number of amides is 1. The fraction of sp³-hybridized carbons (Fsp3) is 0.261. The van der Waals surface area contributed by atoms with Crippen LogP contribution >= 0.6 is 11.6 Å². The number of hydrogen-bond acceptors (Lipinski definition) is 5. The van der Waals surface area contributed by atoms with Crippen LogP contribution in [-0.4, -0.2) is 34.9 Å². The molecule has 0 fully saturated rings. The van der Waals surface area contributed by atoms with Gasteiger partial charge in [-0.1, -0.05) is 48.9 Å². The van der Waals surface area contributed by atoms with Crippen LogP contribution < -0.4 is 5.32 Å². The minimum atomic E-state index is -0.999. The molecule has 8 heteroatoms. The summed E-state index contributed by atoms with van der Waals surface area (Å²) in [5.41, 5.74) is 2.69. The van der Waals surface area contributed by atoms with Crippen LogP contribution in [0.4, 0.5) is 10.5 Å². The molecule has 0 bridgehead atoms. The number of anilines is 1. The maximum atomic E-state index is 12.1. The number of rotatable bonds is 9. The molecule has 0 spiro atoms. The van der Waals surface area contributed by atoms with Crippen molar-refractivity contribution in [2.45, 2.75) is 32.5 Å². The molecule has 1 heterocycles. The van der Waals surface area contributed by atoms with Crippen molar-refractivity contribution >= 4 is 40.3 Å². The fourth-order valence-electron chi connectivity index (χ4n) is 2.95. The van der Waals surface area contributed by atoms with Crippen LogP contribution in [0.2, 0.25) is 5.15 Å². The van der Waals surface area contributed by atoms with E-state index in [0.717, 1.165) is 22.9 Å². The Morgan fingerprint density at radius 3 is 2.61 bits per heavy atom. The first-order valence-corrected chi connectivity index (χ1v) is 10.3. The SMILES string of the molecule is CCCOC(Cc1ccc(NC(=O)OCc2cc3ccccc3nc2Cl)cc1)C(=O)O. The van der Waals surface area contributed by atoms with E-state index in [-0.39, 0.29) is 18.2 Å². The molecule has 1 amide bonds. The highest BCUT2D eigenvalue weighted by atomic mass is 35.5. The third-order valence-corrected chi connectivity index (χ3v) is 4.86. The first-order valence-electron chi connectivity index (χ1n) is 9.87. The summed E-state index contributed by atoms with van der Waals surface area (Å²) < 4.78 is 10.6. The van der Waals surface area contributed by atoms with E-state index in [0.29, 0.717) is 17.9 Å². The molecule has 1 atom stereocenters. The molecule has 3 rings (SSSR count). The number of carbonyl (C=O) groups is 2. The largest absolute Gasteiger partial charge is 0.479 e. The quantitative estimate of drug-likeness (QED) is 0.449. The van der Waals surface area contributed by atoms with Gasteiger partial charge in [0.15, 0.2) is 6.10 Å². The summed E-state index contributed by atoms with van der Waals surface area (Å²) in [7, 11) is 0. The monoisotopic (exact) mass is 442 g/mol. The van der Waals surface area contributed by atoms with Gasteiger partial charge in [-0.2, -0.15) is 0 Å². The maximum absolute atomic E-state index is 12.1. The van der Waals surface area contributed by atoms with Crippen LogP contribution in [0.25, 0.3) is 10.9 Å². The summed E-state index contributed by atoms with van der Waals surface area (Å²) in [6, 6.07) is 16.2. The van der Waals surface area contributed by atoms with Gasteiger partial charge in [0.1, 0.15) is 11.8 Å². The van der Waals surface area contributed by atoms with Crippen molar-refractivity contribution in [2.24, 2.45) is 0 Å². The minimum absolute atomic E-state index is 0.0182. The van der Waals surface area contributed by atoms with Crippen LogP contribution in [-0.2, 0) is 27.3 Å². The predicted molar refractivity (Wildman–Crippen MR) is 118 cm³/mol. The normalized spacial score (nSPS) is 11.8. The molecular weight excluding hydrogens is 420 g/mol. The number of benzene rings is 2. The molecule has 162 valence electrons. The zero-order valence-electron chi connectivity index (χ0n) is 17.0. The van der Waals surface area contributed by atoms with E-state index in [1.807, 2.05) is 37.3 Å². The molecule has 0 aliphatic rings. The molecule has 2 aromatic carbocycles. The van der Waals surface area contributed by atoms with Crippen LogP contribution in [0.1, 0.15) is 24.5 Å². The number of aromatic nitrogens is 1. The molecule has 3 aromatic rings. The molecule has 1 aromatic heterocycles. The van der Waals surface area contributed by atoms with Gasteiger partial charge in [-0.05, 0) is 36.2 Å². The zero-order chi connectivity index (χ0) is 22.2. The predicted octanol–water partition coefficient (Wildman–Crippen LogP) is 5.06. The smallest absolute Gasteiger partial charge is 0.411 e. The van der Waals surface area contributed by atoms with Crippen LogP contribution in [0, 0.1) is 0 Å². The highest BCUT2D eigenvalue weighted by molar-refractivity contribution is 6.30. The Kier molecular flexibility index (Phi) is 7.81. The lowest BCUT2D eigenvalue weighted by Gasteiger charge is -2.13. The maximum Gasteiger partial charge on any atom is 0.411 e. The minimum Gasteiger partial charge on any atom is -0.479 e. The molecular formula is C23H23ClN2O5. The van der Waals surface area contributed by atoms with E-state index >= 15 is 0 Å². The van der Waals surface area contributed by atoms with Crippen molar-refractivity contribution in [2.75, 3.05) is 11.9 Å². The summed E-state index contributed by atoms with van der Waals surface area (Å²) in [6.45, 7) is 2.29. The van der Waals surface area contributed by atoms with E-state index in [2.05, 4.69) is 10.3 Å². The van der Waals surface area contributed by atoms with E-state index in [1.54, 1.807) is 24.3 Å². The number of para-hydroxylation sites is 1. The Bertz CT molecular complexity index is 1060. The van der Waals surface area contributed by atoms with Crippen molar-refractivity contribution in [3.8, 4) is 0 Å². The second-order valence-electron chi connectivity index (χ2n) is 6.93. The molecule has 0 saturated carbocycles. The summed E-state index contributed by atoms with van der Waals surface area (Å²) in [5.74, 6) is -0.999. The van der Waals surface area contributed by atoms with Gasteiger partial charge in [0.05, 0.1) is 5.52 Å². The Morgan fingerprint density at radius 2 is 1.90 bits per heavy atom. The van der Waals surface area contributed by atoms with Gasteiger partial charge >= 0.3 is 12.1 Å². The fourth-order valence-corrected chi connectivity index (χ4v) is 3.15. The Balaban J connectivity index is 1.55. The van der Waals surface area contributed by atoms with Crippen molar-refractivity contribution in [1.82, 2.24) is 4.98 Å². The molecule has 0 aliphatic heterocycles. The average molecular weight is 443 g/mol. The third-order valence-electron chi connectivity index (χ3n) is 4.53. The number of nitrogens with one attached hydrogen (secondary N) is 1. The number of aliphatic carboxylic acids is 1. The summed E-state index contributed by atoms with van der Waals surface area (Å²) >= 11 is 6.18. The lowest BCUT2D eigenvalue weighted by atomic mass is 10.1. The number of carbonyl (C=O) groups excluding carboxylic acids is 1. The van der Waals surface area contributed by atoms with Gasteiger partial charge in [-0.15, -0.1) is 0 Å². The number of halogens is 1. The van der Waals surface area contributed by atoms with E-state index in [9.17, 15) is 14.7 Å². The van der Waals surface area contributed by atoms with Crippen molar-refractivity contribution in [3.63, 3.8) is 0 Å². The number of ether oxygens (including phenoxy) is 2. The summed E-state index contributed by atoms with van der Waals surface area (Å²) in [4.78, 5) is 27.7. The van der Waals surface area contributed by atoms with Gasteiger partial charge in [0, 0.05) is 29.7 Å². The van der Waals surface area contributed by atoms with Gasteiger partial charge in [0.2, 0.25) is 0 Å². The Hall–Kier alpha value is -3.16. The topological polar surface area (TPSA) is 97.8 Å². The number of fused-ring (bicyclic) bond motifs is 1.